The molecule has 0 N–H and O–H groups in total. The van der Waals surface area contributed by atoms with Gasteiger partial charge in [-0.25, -0.2) is 0 Å². The smallest absolute Gasteiger partial charge is 0.119 e. The molecule has 0 spiro atoms. The summed E-state index contributed by atoms with van der Waals surface area (Å²) in [7, 11) is -0.131. The molecule has 0 aliphatic heterocycles. The first-order chi connectivity index (χ1) is 7.63. The van der Waals surface area contributed by atoms with E-state index in [0.717, 1.165) is 0 Å². The van der Waals surface area contributed by atoms with Gasteiger partial charge in [0, 0.05) is 0 Å². The van der Waals surface area contributed by atoms with Crippen LogP contribution in [0.5, 0.6) is 0 Å². The highest BCUT2D eigenvalue weighted by molar-refractivity contribution is 6.89. The van der Waals surface area contributed by atoms with Crippen LogP contribution in [0.25, 0.3) is 0 Å². The Morgan fingerprint density at radius 1 is 0.941 bits per heavy atom. The van der Waals surface area contributed by atoms with Crippen LogP contribution in [0.2, 0.25) is 32.7 Å². The molecular formula is C14H27NSi2. The molecule has 1 aromatic rings. The fourth-order valence-electron chi connectivity index (χ4n) is 2.23. The van der Waals surface area contributed by atoms with Gasteiger partial charge in [0.2, 0.25) is 0 Å². The largest absolute Gasteiger partial charge is 0.348 e. The molecule has 0 bridgehead atoms. The van der Waals surface area contributed by atoms with Gasteiger partial charge < -0.3 is 4.23 Å². The van der Waals surface area contributed by atoms with Crippen LogP contribution in [-0.2, 0) is 6.04 Å². The van der Waals surface area contributed by atoms with Crippen LogP contribution in [0.15, 0.2) is 24.3 Å². The monoisotopic (exact) mass is 265 g/mol. The maximum Gasteiger partial charge on any atom is 0.119 e. The van der Waals surface area contributed by atoms with E-state index in [0.29, 0.717) is 0 Å². The first kappa shape index (κ1) is 14.7. The second-order valence-corrected chi connectivity index (χ2v) is 16.8. The van der Waals surface area contributed by atoms with E-state index in [-0.39, 0.29) is 0 Å². The van der Waals surface area contributed by atoms with Crippen molar-refractivity contribution >= 4 is 16.5 Å². The Labute approximate surface area is 109 Å². The normalized spacial score (nSPS) is 13.2. The predicted octanol–water partition coefficient (Wildman–Crippen LogP) is 4.05. The molecule has 17 heavy (non-hydrogen) atoms. The highest BCUT2D eigenvalue weighted by atomic mass is 28.4. The lowest BCUT2D eigenvalue weighted by molar-refractivity contribution is 0.743. The van der Waals surface area contributed by atoms with Crippen LogP contribution in [-0.4, -0.2) is 27.7 Å². The van der Waals surface area contributed by atoms with E-state index in [2.05, 4.69) is 75.2 Å². The fourth-order valence-corrected chi connectivity index (χ4v) is 11.2. The molecular weight excluding hydrogens is 238 g/mol. The zero-order chi connectivity index (χ0) is 13.3. The molecule has 0 saturated heterocycles. The lowest BCUT2D eigenvalue weighted by Crippen LogP contribution is -2.59. The number of hydrogen-bond donors (Lipinski definition) is 0. The summed E-state index contributed by atoms with van der Waals surface area (Å²) in [5, 5.41) is 0. The van der Waals surface area contributed by atoms with Gasteiger partial charge in [0.15, 0.2) is 0 Å². The molecule has 0 aromatic heterocycles. The van der Waals surface area contributed by atoms with Gasteiger partial charge in [-0.1, -0.05) is 62.6 Å². The highest BCUT2D eigenvalue weighted by Crippen LogP contribution is 2.21. The van der Waals surface area contributed by atoms with Crippen molar-refractivity contribution in [3.63, 3.8) is 0 Å². The van der Waals surface area contributed by atoms with E-state index in [1.165, 1.54) is 17.2 Å². The molecule has 1 aromatic carbocycles. The van der Waals surface area contributed by atoms with Crippen LogP contribution >= 0.6 is 0 Å². The summed E-state index contributed by atoms with van der Waals surface area (Å²) >= 11 is 0. The Bertz CT molecular complexity index is 363. The topological polar surface area (TPSA) is 3.24 Å². The molecule has 0 saturated carbocycles. The van der Waals surface area contributed by atoms with Crippen LogP contribution in [0, 0.1) is 6.92 Å². The fraction of sp³-hybridized carbons (Fsp3) is 0.571. The lowest BCUT2D eigenvalue weighted by atomic mass is 10.2. The van der Waals surface area contributed by atoms with Crippen molar-refractivity contribution in [2.75, 3.05) is 7.05 Å². The van der Waals surface area contributed by atoms with Crippen molar-refractivity contribution in [1.82, 2.24) is 4.23 Å². The maximum absolute atomic E-state index is 2.74. The van der Waals surface area contributed by atoms with Crippen LogP contribution in [0.4, 0.5) is 0 Å². The van der Waals surface area contributed by atoms with Gasteiger partial charge in [-0.15, -0.1) is 0 Å². The zero-order valence-corrected chi connectivity index (χ0v) is 14.5. The third kappa shape index (κ3) is 4.09. The average molecular weight is 266 g/mol. The standard InChI is InChI=1S/C14H27NSi2/c1-13-8-10-14(11-9-13)12-17(6,7)15(2)16(3,4)5/h8-11H,12H2,1-7H3. The minimum atomic E-state index is -1.31. The van der Waals surface area contributed by atoms with Gasteiger partial charge in [-0.3, -0.25) is 0 Å². The molecule has 1 rings (SSSR count). The van der Waals surface area contributed by atoms with Gasteiger partial charge in [0.05, 0.1) is 0 Å². The summed E-state index contributed by atoms with van der Waals surface area (Å²) in [6, 6.07) is 10.3. The van der Waals surface area contributed by atoms with Gasteiger partial charge in [0.25, 0.3) is 0 Å². The van der Waals surface area contributed by atoms with Crippen LogP contribution in [0.3, 0.4) is 0 Å². The van der Waals surface area contributed by atoms with E-state index in [1.54, 1.807) is 0 Å². The molecule has 0 aliphatic rings. The van der Waals surface area contributed by atoms with E-state index in [1.807, 2.05) is 0 Å². The molecule has 96 valence electrons. The molecule has 0 amide bonds. The molecule has 0 aliphatic carbocycles. The Balaban J connectivity index is 2.82. The average Bonchev–Trinajstić information content (AvgIpc) is 2.19. The van der Waals surface area contributed by atoms with Crippen molar-refractivity contribution < 1.29 is 0 Å². The Morgan fingerprint density at radius 2 is 1.41 bits per heavy atom. The number of aryl methyl sites for hydroxylation is 1. The number of rotatable bonds is 4. The number of hydrogen-bond acceptors (Lipinski definition) is 1. The second-order valence-electron chi connectivity index (χ2n) is 6.70. The van der Waals surface area contributed by atoms with Gasteiger partial charge >= 0.3 is 0 Å². The Morgan fingerprint density at radius 3 is 1.82 bits per heavy atom. The van der Waals surface area contributed by atoms with E-state index in [4.69, 9.17) is 0 Å². The molecule has 0 fully saturated rings. The lowest BCUT2D eigenvalue weighted by Gasteiger charge is -2.42. The zero-order valence-electron chi connectivity index (χ0n) is 12.5. The molecule has 0 unspecified atom stereocenters. The van der Waals surface area contributed by atoms with Crippen molar-refractivity contribution in [2.45, 2.75) is 45.7 Å². The summed E-state index contributed by atoms with van der Waals surface area (Å²) in [5.74, 6) is 0. The third-order valence-corrected chi connectivity index (χ3v) is 12.6. The molecule has 0 atom stereocenters. The third-order valence-electron chi connectivity index (χ3n) is 3.67. The first-order valence-electron chi connectivity index (χ1n) is 6.42. The van der Waals surface area contributed by atoms with Crippen molar-refractivity contribution in [3.8, 4) is 0 Å². The molecule has 0 heterocycles. The summed E-state index contributed by atoms with van der Waals surface area (Å²) in [5.41, 5.74) is 2.85. The first-order valence-corrected chi connectivity index (χ1v) is 13.0. The Kier molecular flexibility index (Phi) is 4.39. The summed E-state index contributed by atoms with van der Waals surface area (Å²) in [6.07, 6.45) is 0. The van der Waals surface area contributed by atoms with Gasteiger partial charge in [-0.05, 0) is 25.6 Å². The molecule has 1 nitrogen and oxygen atoms in total. The SMILES string of the molecule is Cc1ccc(C[Si](C)(C)N(C)[Si](C)(C)C)cc1. The number of benzene rings is 1. The van der Waals surface area contributed by atoms with Crippen LogP contribution in [0.1, 0.15) is 11.1 Å². The number of nitrogens with zero attached hydrogens (tertiary/aromatic N) is 1. The summed E-state index contributed by atoms with van der Waals surface area (Å²) in [4.78, 5) is 0. The summed E-state index contributed by atoms with van der Waals surface area (Å²) < 4.78 is 2.74. The minimum Gasteiger partial charge on any atom is -0.348 e. The van der Waals surface area contributed by atoms with Crippen molar-refractivity contribution in [1.29, 1.82) is 0 Å². The highest BCUT2D eigenvalue weighted by Gasteiger charge is 2.34. The predicted molar refractivity (Wildman–Crippen MR) is 83.5 cm³/mol. The van der Waals surface area contributed by atoms with Gasteiger partial charge in [0.1, 0.15) is 16.5 Å². The maximum atomic E-state index is 2.74. The van der Waals surface area contributed by atoms with Crippen molar-refractivity contribution in [3.05, 3.63) is 35.4 Å². The van der Waals surface area contributed by atoms with Crippen molar-refractivity contribution in [2.24, 2.45) is 0 Å². The van der Waals surface area contributed by atoms with E-state index < -0.39 is 16.5 Å². The van der Waals surface area contributed by atoms with Crippen LogP contribution < -0.4 is 0 Å². The molecule has 0 radical (unpaired) electrons. The Hall–Kier alpha value is -0.386. The second kappa shape index (κ2) is 5.08. The summed E-state index contributed by atoms with van der Waals surface area (Å²) in [6.45, 7) is 14.5. The minimum absolute atomic E-state index is 1.17. The van der Waals surface area contributed by atoms with Gasteiger partial charge in [-0.2, -0.15) is 0 Å². The van der Waals surface area contributed by atoms with E-state index >= 15 is 0 Å². The van der Waals surface area contributed by atoms with E-state index in [9.17, 15) is 0 Å². The molecule has 3 heteroatoms. The quantitative estimate of drug-likeness (QED) is 0.743.